The van der Waals surface area contributed by atoms with Crippen LogP contribution < -0.4 is 10.1 Å². The van der Waals surface area contributed by atoms with Gasteiger partial charge in [-0.05, 0) is 30.9 Å². The van der Waals surface area contributed by atoms with Gasteiger partial charge in [-0.1, -0.05) is 38.8 Å². The van der Waals surface area contributed by atoms with Crippen molar-refractivity contribution < 1.29 is 4.74 Å². The van der Waals surface area contributed by atoms with Crippen molar-refractivity contribution in [1.82, 2.24) is 0 Å². The largest absolute Gasteiger partial charge is 0.495 e. The maximum Gasteiger partial charge on any atom is 0.139 e. The zero-order chi connectivity index (χ0) is 13.5. The first kappa shape index (κ1) is 15.2. The van der Waals surface area contributed by atoms with Crippen LogP contribution in [0.2, 0.25) is 5.02 Å². The quantitative estimate of drug-likeness (QED) is 0.754. The van der Waals surface area contributed by atoms with Gasteiger partial charge in [0, 0.05) is 17.8 Å². The molecule has 0 spiro atoms. The van der Waals surface area contributed by atoms with Crippen molar-refractivity contribution in [2.24, 2.45) is 5.92 Å². The van der Waals surface area contributed by atoms with E-state index in [9.17, 15) is 0 Å². The molecule has 1 N–H and O–H groups in total. The van der Waals surface area contributed by atoms with Crippen molar-refractivity contribution in [3.8, 4) is 5.75 Å². The number of benzene rings is 1. The Morgan fingerprint density at radius 3 is 2.56 bits per heavy atom. The van der Waals surface area contributed by atoms with Gasteiger partial charge in [-0.2, -0.15) is 0 Å². The van der Waals surface area contributed by atoms with Crippen LogP contribution in [0.15, 0.2) is 18.2 Å². The number of ether oxygens (including phenoxy) is 1. The van der Waals surface area contributed by atoms with Crippen LogP contribution in [0.3, 0.4) is 0 Å². The van der Waals surface area contributed by atoms with Gasteiger partial charge in [0.1, 0.15) is 5.75 Å². The zero-order valence-electron chi connectivity index (χ0n) is 11.8. The smallest absolute Gasteiger partial charge is 0.139 e. The molecule has 1 aromatic rings. The maximum atomic E-state index is 6.02. The zero-order valence-corrected chi connectivity index (χ0v) is 12.6. The molecule has 2 atom stereocenters. The molecule has 0 aromatic heterocycles. The van der Waals surface area contributed by atoms with Crippen molar-refractivity contribution in [2.75, 3.05) is 12.4 Å². The third-order valence-electron chi connectivity index (χ3n) is 3.40. The van der Waals surface area contributed by atoms with Crippen LogP contribution in [0.1, 0.15) is 40.0 Å². The van der Waals surface area contributed by atoms with Crippen molar-refractivity contribution in [3.05, 3.63) is 23.2 Å². The SMILES string of the molecule is CCC(C)CC(CC)Nc1ccc(Cl)c(OC)c1. The molecule has 2 unspecified atom stereocenters. The van der Waals surface area contributed by atoms with E-state index >= 15 is 0 Å². The van der Waals surface area contributed by atoms with Gasteiger partial charge in [0.05, 0.1) is 12.1 Å². The van der Waals surface area contributed by atoms with E-state index in [1.807, 2.05) is 18.2 Å². The third kappa shape index (κ3) is 4.41. The Bertz CT molecular complexity index is 368. The van der Waals surface area contributed by atoms with Crippen LogP contribution in [0, 0.1) is 5.92 Å². The van der Waals surface area contributed by atoms with Crippen LogP contribution >= 0.6 is 11.6 Å². The summed E-state index contributed by atoms with van der Waals surface area (Å²) in [5.41, 5.74) is 1.08. The van der Waals surface area contributed by atoms with Crippen LogP contribution in [0.4, 0.5) is 5.69 Å². The summed E-state index contributed by atoms with van der Waals surface area (Å²) >= 11 is 6.02. The molecule has 0 aliphatic heterocycles. The summed E-state index contributed by atoms with van der Waals surface area (Å²) in [5, 5.41) is 4.21. The predicted octanol–water partition coefficient (Wildman–Crippen LogP) is 4.98. The third-order valence-corrected chi connectivity index (χ3v) is 3.71. The summed E-state index contributed by atoms with van der Waals surface area (Å²) in [6.45, 7) is 6.75. The molecular formula is C15H24ClNO. The summed E-state index contributed by atoms with van der Waals surface area (Å²) in [6.07, 6.45) is 3.54. The Kier molecular flexibility index (Phi) is 6.34. The Morgan fingerprint density at radius 1 is 1.28 bits per heavy atom. The molecule has 1 aromatic carbocycles. The second-order valence-corrected chi connectivity index (χ2v) is 5.26. The number of nitrogens with one attached hydrogen (secondary N) is 1. The van der Waals surface area contributed by atoms with Crippen molar-refractivity contribution in [1.29, 1.82) is 0 Å². The second-order valence-electron chi connectivity index (χ2n) is 4.85. The van der Waals surface area contributed by atoms with E-state index in [0.717, 1.165) is 23.8 Å². The Balaban J connectivity index is 2.69. The number of hydrogen-bond acceptors (Lipinski definition) is 2. The Labute approximate surface area is 116 Å². The molecule has 0 aliphatic carbocycles. The molecule has 0 bridgehead atoms. The predicted molar refractivity (Wildman–Crippen MR) is 79.8 cm³/mol. The molecule has 0 saturated heterocycles. The number of halogens is 1. The van der Waals surface area contributed by atoms with Crippen molar-refractivity contribution >= 4 is 17.3 Å². The highest BCUT2D eigenvalue weighted by atomic mass is 35.5. The summed E-state index contributed by atoms with van der Waals surface area (Å²) in [5.74, 6) is 1.47. The number of anilines is 1. The molecule has 0 amide bonds. The van der Waals surface area contributed by atoms with Crippen LogP contribution in [-0.4, -0.2) is 13.2 Å². The number of methoxy groups -OCH3 is 1. The molecule has 2 nitrogen and oxygen atoms in total. The fourth-order valence-corrected chi connectivity index (χ4v) is 2.16. The lowest BCUT2D eigenvalue weighted by molar-refractivity contribution is 0.415. The lowest BCUT2D eigenvalue weighted by Crippen LogP contribution is -2.21. The normalized spacial score (nSPS) is 14.1. The first-order valence-electron chi connectivity index (χ1n) is 6.70. The molecule has 18 heavy (non-hydrogen) atoms. The first-order chi connectivity index (χ1) is 8.60. The molecular weight excluding hydrogens is 246 g/mol. The Hall–Kier alpha value is -0.890. The minimum Gasteiger partial charge on any atom is -0.495 e. The van der Waals surface area contributed by atoms with Gasteiger partial charge in [0.15, 0.2) is 0 Å². The Morgan fingerprint density at radius 2 is 2.00 bits per heavy atom. The summed E-state index contributed by atoms with van der Waals surface area (Å²) in [6, 6.07) is 6.34. The topological polar surface area (TPSA) is 21.3 Å². The summed E-state index contributed by atoms with van der Waals surface area (Å²) in [4.78, 5) is 0. The molecule has 0 saturated carbocycles. The highest BCUT2D eigenvalue weighted by Gasteiger charge is 2.11. The molecule has 0 heterocycles. The van der Waals surface area contributed by atoms with Gasteiger partial charge < -0.3 is 10.1 Å². The second kappa shape index (κ2) is 7.52. The fourth-order valence-electron chi connectivity index (χ4n) is 1.97. The van der Waals surface area contributed by atoms with Crippen LogP contribution in [0.25, 0.3) is 0 Å². The molecule has 0 radical (unpaired) electrons. The molecule has 0 fully saturated rings. The number of rotatable bonds is 7. The minimum atomic E-state index is 0.505. The molecule has 0 aliphatic rings. The summed E-state index contributed by atoms with van der Waals surface area (Å²) < 4.78 is 5.23. The molecule has 1 rings (SSSR count). The van der Waals surface area contributed by atoms with E-state index in [0.29, 0.717) is 11.1 Å². The van der Waals surface area contributed by atoms with E-state index in [1.165, 1.54) is 12.8 Å². The molecule has 102 valence electrons. The van der Waals surface area contributed by atoms with Gasteiger partial charge >= 0.3 is 0 Å². The molecule has 3 heteroatoms. The van der Waals surface area contributed by atoms with Gasteiger partial charge in [-0.3, -0.25) is 0 Å². The van der Waals surface area contributed by atoms with Crippen molar-refractivity contribution in [3.63, 3.8) is 0 Å². The van der Waals surface area contributed by atoms with Gasteiger partial charge in [0.25, 0.3) is 0 Å². The highest BCUT2D eigenvalue weighted by molar-refractivity contribution is 6.32. The minimum absolute atomic E-state index is 0.505. The maximum absolute atomic E-state index is 6.02. The highest BCUT2D eigenvalue weighted by Crippen LogP contribution is 2.28. The standard InChI is InChI=1S/C15H24ClNO/c1-5-11(3)9-12(6-2)17-13-7-8-14(16)15(10-13)18-4/h7-8,10-12,17H,5-6,9H2,1-4H3. The lowest BCUT2D eigenvalue weighted by atomic mass is 9.97. The van der Waals surface area contributed by atoms with E-state index < -0.39 is 0 Å². The average molecular weight is 270 g/mol. The average Bonchev–Trinajstić information content (AvgIpc) is 2.39. The summed E-state index contributed by atoms with van der Waals surface area (Å²) in [7, 11) is 1.64. The van der Waals surface area contributed by atoms with Gasteiger partial charge in [0.2, 0.25) is 0 Å². The van der Waals surface area contributed by atoms with Crippen molar-refractivity contribution in [2.45, 2.75) is 46.1 Å². The van der Waals surface area contributed by atoms with Crippen LogP contribution in [0.5, 0.6) is 5.75 Å². The monoisotopic (exact) mass is 269 g/mol. The van der Waals surface area contributed by atoms with E-state index in [1.54, 1.807) is 7.11 Å². The van der Waals surface area contributed by atoms with E-state index in [4.69, 9.17) is 16.3 Å². The van der Waals surface area contributed by atoms with Gasteiger partial charge in [-0.25, -0.2) is 0 Å². The van der Waals surface area contributed by atoms with Crippen LogP contribution in [-0.2, 0) is 0 Å². The lowest BCUT2D eigenvalue weighted by Gasteiger charge is -2.21. The van der Waals surface area contributed by atoms with E-state index in [-0.39, 0.29) is 0 Å². The number of hydrogen-bond donors (Lipinski definition) is 1. The van der Waals surface area contributed by atoms with Gasteiger partial charge in [-0.15, -0.1) is 0 Å². The fraction of sp³-hybridized carbons (Fsp3) is 0.600. The van der Waals surface area contributed by atoms with E-state index in [2.05, 4.69) is 26.1 Å². The first-order valence-corrected chi connectivity index (χ1v) is 7.08.